The molecule has 0 saturated carbocycles. The van der Waals surface area contributed by atoms with E-state index in [-0.39, 0.29) is 11.1 Å². The highest BCUT2D eigenvalue weighted by molar-refractivity contribution is 6.06. The van der Waals surface area contributed by atoms with Crippen LogP contribution in [0, 0.1) is 22.9 Å². The zero-order valence-corrected chi connectivity index (χ0v) is 13.9. The maximum Gasteiger partial charge on any atom is 0.276 e. The highest BCUT2D eigenvalue weighted by atomic mass is 19.1. The predicted molar refractivity (Wildman–Crippen MR) is 97.6 cm³/mol. The van der Waals surface area contributed by atoms with Gasteiger partial charge in [0.25, 0.3) is 11.6 Å². The lowest BCUT2D eigenvalue weighted by Gasteiger charge is -2.12. The normalized spacial score (nSPS) is 10.4. The summed E-state index contributed by atoms with van der Waals surface area (Å²) in [4.78, 5) is 22.9. The van der Waals surface area contributed by atoms with Crippen molar-refractivity contribution in [3.8, 4) is 11.1 Å². The maximum atomic E-state index is 14.0. The van der Waals surface area contributed by atoms with Crippen molar-refractivity contribution < 1.29 is 14.1 Å². The number of hydrogen-bond donors (Lipinski definition) is 1. The van der Waals surface area contributed by atoms with Crippen molar-refractivity contribution in [1.29, 1.82) is 0 Å². The van der Waals surface area contributed by atoms with Crippen molar-refractivity contribution in [3.05, 3.63) is 93.8 Å². The summed E-state index contributed by atoms with van der Waals surface area (Å²) in [6.45, 7) is 1.31. The molecule has 5 nitrogen and oxygen atoms in total. The average molecular weight is 350 g/mol. The van der Waals surface area contributed by atoms with Crippen molar-refractivity contribution in [2.24, 2.45) is 0 Å². The van der Waals surface area contributed by atoms with Crippen molar-refractivity contribution in [2.75, 3.05) is 5.32 Å². The van der Waals surface area contributed by atoms with Crippen LogP contribution in [0.2, 0.25) is 0 Å². The fourth-order valence-electron chi connectivity index (χ4n) is 2.64. The molecule has 0 radical (unpaired) electrons. The summed E-state index contributed by atoms with van der Waals surface area (Å²) in [5.74, 6) is -1.41. The zero-order valence-electron chi connectivity index (χ0n) is 13.9. The second kappa shape index (κ2) is 7.14. The van der Waals surface area contributed by atoms with Gasteiger partial charge in [-0.2, -0.15) is 0 Å². The molecule has 1 N–H and O–H groups in total. The monoisotopic (exact) mass is 350 g/mol. The molecule has 130 valence electrons. The van der Waals surface area contributed by atoms with Gasteiger partial charge in [-0.1, -0.05) is 48.5 Å². The summed E-state index contributed by atoms with van der Waals surface area (Å²) in [6, 6.07) is 18.7. The van der Waals surface area contributed by atoms with Gasteiger partial charge in [-0.05, 0) is 24.6 Å². The molecule has 0 aliphatic heterocycles. The molecular weight excluding hydrogens is 335 g/mol. The van der Waals surface area contributed by atoms with E-state index in [2.05, 4.69) is 5.32 Å². The second-order valence-electron chi connectivity index (χ2n) is 5.73. The molecule has 3 aromatic carbocycles. The van der Waals surface area contributed by atoms with Crippen LogP contribution < -0.4 is 5.32 Å². The van der Waals surface area contributed by atoms with E-state index < -0.39 is 22.3 Å². The Morgan fingerprint density at radius 2 is 1.69 bits per heavy atom. The Bertz CT molecular complexity index is 988. The van der Waals surface area contributed by atoms with E-state index in [4.69, 9.17) is 0 Å². The topological polar surface area (TPSA) is 72.2 Å². The Morgan fingerprint density at radius 1 is 1.04 bits per heavy atom. The number of rotatable bonds is 4. The largest absolute Gasteiger partial charge is 0.321 e. The number of benzene rings is 3. The smallest absolute Gasteiger partial charge is 0.276 e. The van der Waals surface area contributed by atoms with Crippen molar-refractivity contribution >= 4 is 17.3 Å². The van der Waals surface area contributed by atoms with Crippen LogP contribution in [0.3, 0.4) is 0 Å². The lowest BCUT2D eigenvalue weighted by atomic mass is 10.0. The second-order valence-corrected chi connectivity index (χ2v) is 5.73. The number of carbonyl (C=O) groups excluding carboxylic acids is 1. The molecule has 6 heteroatoms. The van der Waals surface area contributed by atoms with Gasteiger partial charge in [0.05, 0.1) is 10.5 Å². The van der Waals surface area contributed by atoms with Gasteiger partial charge in [0.1, 0.15) is 5.82 Å². The minimum Gasteiger partial charge on any atom is -0.321 e. The third-order valence-corrected chi connectivity index (χ3v) is 4.04. The SMILES string of the molecule is Cc1c(F)cc(C(=O)Nc2ccccc2-c2ccccc2)cc1[N+](=O)[O-]. The van der Waals surface area contributed by atoms with Gasteiger partial charge >= 0.3 is 0 Å². The van der Waals surface area contributed by atoms with E-state index in [1.165, 1.54) is 6.92 Å². The fraction of sp³-hybridized carbons (Fsp3) is 0.0500. The van der Waals surface area contributed by atoms with Gasteiger partial charge in [0.15, 0.2) is 0 Å². The van der Waals surface area contributed by atoms with E-state index in [0.29, 0.717) is 5.69 Å². The first-order chi connectivity index (χ1) is 12.5. The molecule has 0 aliphatic carbocycles. The molecule has 3 aromatic rings. The van der Waals surface area contributed by atoms with Crippen molar-refractivity contribution in [3.63, 3.8) is 0 Å². The van der Waals surface area contributed by atoms with Crippen molar-refractivity contribution in [2.45, 2.75) is 6.92 Å². The summed E-state index contributed by atoms with van der Waals surface area (Å²) >= 11 is 0. The number of nitro groups is 1. The maximum absolute atomic E-state index is 14.0. The van der Waals surface area contributed by atoms with E-state index in [1.54, 1.807) is 12.1 Å². The van der Waals surface area contributed by atoms with Gasteiger partial charge in [-0.15, -0.1) is 0 Å². The molecule has 26 heavy (non-hydrogen) atoms. The molecule has 3 rings (SSSR count). The van der Waals surface area contributed by atoms with E-state index in [9.17, 15) is 19.3 Å². The molecule has 0 fully saturated rings. The van der Waals surface area contributed by atoms with Crippen LogP contribution in [0.15, 0.2) is 66.7 Å². The quantitative estimate of drug-likeness (QED) is 0.534. The highest BCUT2D eigenvalue weighted by Crippen LogP contribution is 2.29. The van der Waals surface area contributed by atoms with Gasteiger partial charge in [-0.25, -0.2) is 4.39 Å². The third-order valence-electron chi connectivity index (χ3n) is 4.04. The van der Waals surface area contributed by atoms with Crippen LogP contribution in [0.4, 0.5) is 15.8 Å². The summed E-state index contributed by atoms with van der Waals surface area (Å²) < 4.78 is 14.0. The van der Waals surface area contributed by atoms with Crippen LogP contribution in [0.25, 0.3) is 11.1 Å². The first-order valence-corrected chi connectivity index (χ1v) is 7.87. The number of nitrogens with zero attached hydrogens (tertiary/aromatic N) is 1. The first-order valence-electron chi connectivity index (χ1n) is 7.87. The minimum absolute atomic E-state index is 0.101. The van der Waals surface area contributed by atoms with Gasteiger partial charge in [0.2, 0.25) is 0 Å². The van der Waals surface area contributed by atoms with E-state index >= 15 is 0 Å². The lowest BCUT2D eigenvalue weighted by molar-refractivity contribution is -0.385. The van der Waals surface area contributed by atoms with Gasteiger partial charge in [0, 0.05) is 22.9 Å². The third kappa shape index (κ3) is 3.44. The molecule has 0 atom stereocenters. The lowest BCUT2D eigenvalue weighted by Crippen LogP contribution is -2.14. The molecule has 0 aliphatic rings. The number of hydrogen-bond acceptors (Lipinski definition) is 3. The Hall–Kier alpha value is -3.54. The van der Waals surface area contributed by atoms with Crippen LogP contribution in [-0.2, 0) is 0 Å². The molecule has 0 saturated heterocycles. The van der Waals surface area contributed by atoms with Gasteiger partial charge in [-0.3, -0.25) is 14.9 Å². The average Bonchev–Trinajstić information content (AvgIpc) is 2.64. The number of anilines is 1. The standard InChI is InChI=1S/C20H15FN2O3/c1-13-17(21)11-15(12-19(13)23(25)26)20(24)22-18-10-6-5-9-16(18)14-7-3-2-4-8-14/h2-12H,1H3,(H,22,24). The van der Waals surface area contributed by atoms with E-state index in [0.717, 1.165) is 23.3 Å². The minimum atomic E-state index is -0.791. The van der Waals surface area contributed by atoms with Crippen LogP contribution in [0.5, 0.6) is 0 Å². The van der Waals surface area contributed by atoms with Crippen molar-refractivity contribution in [1.82, 2.24) is 0 Å². The summed E-state index contributed by atoms with van der Waals surface area (Å²) in [5.41, 5.74) is 1.60. The van der Waals surface area contributed by atoms with Gasteiger partial charge < -0.3 is 5.32 Å². The zero-order chi connectivity index (χ0) is 18.7. The summed E-state index contributed by atoms with van der Waals surface area (Å²) in [5, 5.41) is 13.8. The molecule has 0 aromatic heterocycles. The number of carbonyl (C=O) groups is 1. The number of amides is 1. The molecule has 0 bridgehead atoms. The highest BCUT2D eigenvalue weighted by Gasteiger charge is 2.20. The summed E-state index contributed by atoms with van der Waals surface area (Å²) in [6.07, 6.45) is 0. The molecule has 1 amide bonds. The Kier molecular flexibility index (Phi) is 4.75. The number of halogens is 1. The molecule has 0 spiro atoms. The molecular formula is C20H15FN2O3. The summed E-state index contributed by atoms with van der Waals surface area (Å²) in [7, 11) is 0. The molecule has 0 unspecified atom stereocenters. The van der Waals surface area contributed by atoms with Crippen LogP contribution >= 0.6 is 0 Å². The number of nitro benzene ring substituents is 1. The van der Waals surface area contributed by atoms with Crippen LogP contribution in [-0.4, -0.2) is 10.8 Å². The Balaban J connectivity index is 1.96. The first kappa shape index (κ1) is 17.3. The number of para-hydroxylation sites is 1. The van der Waals surface area contributed by atoms with E-state index in [1.807, 2.05) is 42.5 Å². The Morgan fingerprint density at radius 3 is 2.38 bits per heavy atom. The molecule has 0 heterocycles. The Labute approximate surface area is 149 Å². The number of nitrogens with one attached hydrogen (secondary N) is 1. The van der Waals surface area contributed by atoms with Crippen LogP contribution in [0.1, 0.15) is 15.9 Å². The predicted octanol–water partition coefficient (Wildman–Crippen LogP) is 4.96. The fourth-order valence-corrected chi connectivity index (χ4v) is 2.64.